The number of aromatic nitrogens is 2. The molecule has 2 aromatic carbocycles. The molecule has 0 radical (unpaired) electrons. The lowest BCUT2D eigenvalue weighted by molar-refractivity contribution is 0.0955. The number of hydrazone groups is 1. The third-order valence-electron chi connectivity index (χ3n) is 3.61. The summed E-state index contributed by atoms with van der Waals surface area (Å²) >= 11 is 6.06. The van der Waals surface area contributed by atoms with E-state index in [-0.39, 0.29) is 16.3 Å². The molecule has 8 nitrogen and oxygen atoms in total. The van der Waals surface area contributed by atoms with Crippen molar-refractivity contribution in [1.29, 1.82) is 0 Å². The van der Waals surface area contributed by atoms with Crippen LogP contribution in [0.3, 0.4) is 0 Å². The van der Waals surface area contributed by atoms with Crippen LogP contribution in [0.5, 0.6) is 5.88 Å². The Bertz CT molecular complexity index is 1140. The van der Waals surface area contributed by atoms with Gasteiger partial charge in [0.15, 0.2) is 0 Å². The number of para-hydroxylation sites is 1. The van der Waals surface area contributed by atoms with E-state index in [0.717, 1.165) is 10.8 Å². The van der Waals surface area contributed by atoms with Crippen molar-refractivity contribution in [1.82, 2.24) is 15.0 Å². The summed E-state index contributed by atoms with van der Waals surface area (Å²) in [6.45, 7) is 0. The third-order valence-corrected chi connectivity index (χ3v) is 3.93. The number of benzene rings is 2. The molecule has 0 spiro atoms. The van der Waals surface area contributed by atoms with Gasteiger partial charge in [0, 0.05) is 5.56 Å². The SMILES string of the molecule is O=C(N/N=C/c1c(O)n(-c2ccccc2Cl)c(=O)[nH]c1=O)c1ccccc1. The van der Waals surface area contributed by atoms with Crippen LogP contribution >= 0.6 is 11.6 Å². The Labute approximate surface area is 157 Å². The zero-order valence-electron chi connectivity index (χ0n) is 13.7. The minimum absolute atomic E-state index is 0.181. The van der Waals surface area contributed by atoms with Crippen molar-refractivity contribution >= 4 is 23.7 Å². The molecule has 3 rings (SSSR count). The predicted molar refractivity (Wildman–Crippen MR) is 101 cm³/mol. The molecule has 0 aliphatic rings. The highest BCUT2D eigenvalue weighted by atomic mass is 35.5. The first-order valence-electron chi connectivity index (χ1n) is 7.70. The summed E-state index contributed by atoms with van der Waals surface area (Å²) in [5, 5.41) is 14.3. The van der Waals surface area contributed by atoms with E-state index in [1.807, 2.05) is 0 Å². The molecule has 0 aliphatic heterocycles. The summed E-state index contributed by atoms with van der Waals surface area (Å²) in [6, 6.07) is 14.6. The number of nitrogens with zero attached hydrogens (tertiary/aromatic N) is 2. The maximum absolute atomic E-state index is 12.1. The van der Waals surface area contributed by atoms with Gasteiger partial charge in [-0.25, -0.2) is 14.8 Å². The molecular weight excluding hydrogens is 372 g/mol. The number of rotatable bonds is 4. The smallest absolute Gasteiger partial charge is 0.335 e. The fourth-order valence-electron chi connectivity index (χ4n) is 2.32. The first-order valence-corrected chi connectivity index (χ1v) is 8.08. The van der Waals surface area contributed by atoms with Crippen molar-refractivity contribution in [3.05, 3.63) is 91.6 Å². The Morgan fingerprint density at radius 2 is 1.78 bits per heavy atom. The van der Waals surface area contributed by atoms with Gasteiger partial charge in [-0.15, -0.1) is 0 Å². The molecule has 1 aromatic heterocycles. The summed E-state index contributed by atoms with van der Waals surface area (Å²) in [6.07, 6.45) is 0.946. The second-order valence-electron chi connectivity index (χ2n) is 5.35. The van der Waals surface area contributed by atoms with Gasteiger partial charge in [0.1, 0.15) is 5.56 Å². The number of halogens is 1. The summed E-state index contributed by atoms with van der Waals surface area (Å²) in [4.78, 5) is 38.1. The zero-order chi connectivity index (χ0) is 19.4. The lowest BCUT2D eigenvalue weighted by Gasteiger charge is -2.10. The highest BCUT2D eigenvalue weighted by Crippen LogP contribution is 2.22. The summed E-state index contributed by atoms with van der Waals surface area (Å²) < 4.78 is 0.837. The molecule has 0 bridgehead atoms. The lowest BCUT2D eigenvalue weighted by atomic mass is 10.2. The largest absolute Gasteiger partial charge is 0.493 e. The summed E-state index contributed by atoms with van der Waals surface area (Å²) in [5.41, 5.74) is 0.747. The van der Waals surface area contributed by atoms with E-state index in [0.29, 0.717) is 5.56 Å². The van der Waals surface area contributed by atoms with Crippen molar-refractivity contribution in [2.75, 3.05) is 0 Å². The zero-order valence-corrected chi connectivity index (χ0v) is 14.5. The van der Waals surface area contributed by atoms with Crippen LogP contribution in [0.15, 0.2) is 69.3 Å². The van der Waals surface area contributed by atoms with E-state index in [1.54, 1.807) is 42.5 Å². The van der Waals surface area contributed by atoms with Crippen LogP contribution in [0.1, 0.15) is 15.9 Å². The maximum Gasteiger partial charge on any atom is 0.335 e. The summed E-state index contributed by atoms with van der Waals surface area (Å²) in [7, 11) is 0. The molecule has 3 aromatic rings. The molecule has 0 saturated carbocycles. The van der Waals surface area contributed by atoms with Crippen LogP contribution in [0, 0.1) is 0 Å². The number of aromatic amines is 1. The average Bonchev–Trinajstić information content (AvgIpc) is 2.66. The monoisotopic (exact) mass is 384 g/mol. The number of carbonyl (C=O) groups is 1. The minimum atomic E-state index is -0.865. The van der Waals surface area contributed by atoms with E-state index in [4.69, 9.17) is 11.6 Å². The Kier molecular flexibility index (Phi) is 5.18. The molecule has 0 fully saturated rings. The van der Waals surface area contributed by atoms with Crippen LogP contribution in [0.4, 0.5) is 0 Å². The third kappa shape index (κ3) is 3.80. The molecule has 27 heavy (non-hydrogen) atoms. The quantitative estimate of drug-likeness (QED) is 0.468. The van der Waals surface area contributed by atoms with Gasteiger partial charge in [-0.1, -0.05) is 41.9 Å². The van der Waals surface area contributed by atoms with Crippen molar-refractivity contribution in [2.24, 2.45) is 5.10 Å². The van der Waals surface area contributed by atoms with E-state index in [9.17, 15) is 19.5 Å². The number of nitrogens with one attached hydrogen (secondary N) is 2. The topological polar surface area (TPSA) is 117 Å². The van der Waals surface area contributed by atoms with Gasteiger partial charge in [0.05, 0.1) is 16.9 Å². The van der Waals surface area contributed by atoms with Crippen LogP contribution in [0.25, 0.3) is 5.69 Å². The number of amides is 1. The number of carbonyl (C=O) groups excluding carboxylic acids is 1. The lowest BCUT2D eigenvalue weighted by Crippen LogP contribution is -2.31. The van der Waals surface area contributed by atoms with Crippen LogP contribution in [-0.2, 0) is 0 Å². The second-order valence-corrected chi connectivity index (χ2v) is 5.76. The molecule has 0 saturated heterocycles. The second kappa shape index (κ2) is 7.71. The van der Waals surface area contributed by atoms with E-state index >= 15 is 0 Å². The standard InChI is InChI=1S/C18H13ClN4O4/c19-13-8-4-5-9-14(13)23-17(26)12(16(25)21-18(23)27)10-20-22-15(24)11-6-2-1-3-7-11/h1-10,26H,(H,22,24)(H,21,25,27)/b20-10+. The molecule has 0 unspecified atom stereocenters. The van der Waals surface area contributed by atoms with E-state index < -0.39 is 23.0 Å². The highest BCUT2D eigenvalue weighted by Gasteiger charge is 2.16. The fraction of sp³-hybridized carbons (Fsp3) is 0. The van der Waals surface area contributed by atoms with Crippen molar-refractivity contribution in [3.63, 3.8) is 0 Å². The highest BCUT2D eigenvalue weighted by molar-refractivity contribution is 6.32. The molecule has 1 heterocycles. The maximum atomic E-state index is 12.1. The first-order chi connectivity index (χ1) is 13.0. The first kappa shape index (κ1) is 18.2. The van der Waals surface area contributed by atoms with Gasteiger partial charge in [0.25, 0.3) is 11.5 Å². The molecular formula is C18H13ClN4O4. The molecule has 1 amide bonds. The normalized spacial score (nSPS) is 10.9. The average molecular weight is 385 g/mol. The van der Waals surface area contributed by atoms with Crippen LogP contribution < -0.4 is 16.7 Å². The van der Waals surface area contributed by atoms with Gasteiger partial charge >= 0.3 is 5.69 Å². The fourth-order valence-corrected chi connectivity index (χ4v) is 2.54. The van der Waals surface area contributed by atoms with E-state index in [2.05, 4.69) is 15.5 Å². The van der Waals surface area contributed by atoms with E-state index in [1.165, 1.54) is 12.1 Å². The number of hydrogen-bond donors (Lipinski definition) is 3. The van der Waals surface area contributed by atoms with Crippen molar-refractivity contribution in [3.8, 4) is 11.6 Å². The molecule has 0 aliphatic carbocycles. The predicted octanol–water partition coefficient (Wildman–Crippen LogP) is 1.65. The number of aromatic hydroxyl groups is 1. The van der Waals surface area contributed by atoms with Gasteiger partial charge in [-0.05, 0) is 24.3 Å². The summed E-state index contributed by atoms with van der Waals surface area (Å²) in [5.74, 6) is -1.16. The Morgan fingerprint density at radius 1 is 1.11 bits per heavy atom. The van der Waals surface area contributed by atoms with Gasteiger partial charge < -0.3 is 5.11 Å². The number of H-pyrrole nitrogens is 1. The number of hydrogen-bond acceptors (Lipinski definition) is 5. The van der Waals surface area contributed by atoms with Crippen LogP contribution in [-0.4, -0.2) is 26.8 Å². The Balaban J connectivity index is 1.96. The van der Waals surface area contributed by atoms with Crippen molar-refractivity contribution < 1.29 is 9.90 Å². The molecule has 0 atom stereocenters. The van der Waals surface area contributed by atoms with Crippen molar-refractivity contribution in [2.45, 2.75) is 0 Å². The van der Waals surface area contributed by atoms with Crippen LogP contribution in [0.2, 0.25) is 5.02 Å². The Hall–Kier alpha value is -3.65. The molecule has 9 heteroatoms. The van der Waals surface area contributed by atoms with Gasteiger partial charge in [-0.2, -0.15) is 5.10 Å². The minimum Gasteiger partial charge on any atom is -0.493 e. The Morgan fingerprint density at radius 3 is 2.48 bits per heavy atom. The molecule has 136 valence electrons. The van der Waals surface area contributed by atoms with Gasteiger partial charge in [0.2, 0.25) is 5.88 Å². The van der Waals surface area contributed by atoms with Gasteiger partial charge in [-0.3, -0.25) is 14.6 Å². The molecule has 3 N–H and O–H groups in total.